The molecule has 108 valence electrons. The Kier molecular flexibility index (Phi) is 3.26. The van der Waals surface area contributed by atoms with Crippen molar-refractivity contribution in [2.24, 2.45) is 0 Å². The fraction of sp³-hybridized carbons (Fsp3) is 0. The summed E-state index contributed by atoms with van der Waals surface area (Å²) in [7, 11) is -3.74. The summed E-state index contributed by atoms with van der Waals surface area (Å²) < 4.78 is 26.3. The quantitative estimate of drug-likeness (QED) is 0.714. The number of nitrogens with zero attached hydrogens (tertiary/aromatic N) is 1. The lowest BCUT2D eigenvalue weighted by molar-refractivity contribution is -0.990. The molecule has 0 aliphatic rings. The fourth-order valence-corrected chi connectivity index (χ4v) is 3.61. The molecule has 3 aromatic rings. The summed E-state index contributed by atoms with van der Waals surface area (Å²) in [6.45, 7) is 0. The topological polar surface area (TPSA) is 86.8 Å². The minimum Gasteiger partial charge on any atom is -0.595 e. The highest BCUT2D eigenvalue weighted by atomic mass is 32.2. The van der Waals surface area contributed by atoms with E-state index in [4.69, 9.17) is 5.21 Å². The molecule has 0 bridgehead atoms. The van der Waals surface area contributed by atoms with E-state index >= 15 is 0 Å². The van der Waals surface area contributed by atoms with E-state index < -0.39 is 15.2 Å². The van der Waals surface area contributed by atoms with Crippen LogP contribution in [-0.4, -0.2) is 17.6 Å². The van der Waals surface area contributed by atoms with Gasteiger partial charge in [-0.2, -0.15) is 5.23 Å². The van der Waals surface area contributed by atoms with Crippen molar-refractivity contribution in [2.45, 2.75) is 4.90 Å². The Hall–Kier alpha value is -2.19. The van der Waals surface area contributed by atoms with E-state index in [0.29, 0.717) is 10.9 Å². The smallest absolute Gasteiger partial charge is 0.268 e. The molecule has 0 fully saturated rings. The number of aromatic nitrogens is 1. The maximum Gasteiger partial charge on any atom is 0.268 e. The molecule has 2 N–H and O–H groups in total. The molecule has 1 unspecified atom stereocenters. The maximum absolute atomic E-state index is 12.6. The van der Waals surface area contributed by atoms with Gasteiger partial charge < -0.3 is 5.21 Å². The standard InChI is InChI=1S/C14H12N2O4S/c17-16(18)14-8-4-7-13-12(14)9-10-15(13)21(19,20)11-5-2-1-3-6-11/h1-10,16-17H. The summed E-state index contributed by atoms with van der Waals surface area (Å²) in [5.74, 6) is 0. The Balaban J connectivity index is 2.25. The van der Waals surface area contributed by atoms with Crippen LogP contribution in [0.4, 0.5) is 5.69 Å². The lowest BCUT2D eigenvalue weighted by Crippen LogP contribution is -2.99. The van der Waals surface area contributed by atoms with Crippen LogP contribution in [-0.2, 0) is 10.0 Å². The van der Waals surface area contributed by atoms with Crippen LogP contribution in [0.5, 0.6) is 0 Å². The van der Waals surface area contributed by atoms with Gasteiger partial charge in [0, 0.05) is 12.3 Å². The van der Waals surface area contributed by atoms with Gasteiger partial charge in [0.25, 0.3) is 10.0 Å². The summed E-state index contributed by atoms with van der Waals surface area (Å²) in [5, 5.41) is 19.6. The van der Waals surface area contributed by atoms with E-state index in [1.807, 2.05) is 0 Å². The molecule has 1 aromatic heterocycles. The van der Waals surface area contributed by atoms with Gasteiger partial charge in [0.05, 0.1) is 15.8 Å². The van der Waals surface area contributed by atoms with Crippen molar-refractivity contribution in [3.8, 4) is 0 Å². The Morgan fingerprint density at radius 2 is 1.71 bits per heavy atom. The first kappa shape index (κ1) is 13.8. The molecule has 6 nitrogen and oxygen atoms in total. The van der Waals surface area contributed by atoms with Gasteiger partial charge in [-0.1, -0.05) is 24.3 Å². The van der Waals surface area contributed by atoms with Gasteiger partial charge in [0.1, 0.15) is 0 Å². The monoisotopic (exact) mass is 304 g/mol. The summed E-state index contributed by atoms with van der Waals surface area (Å²) in [4.78, 5) is 0.156. The zero-order chi connectivity index (χ0) is 15.0. The van der Waals surface area contributed by atoms with Crippen LogP contribution in [0, 0.1) is 5.21 Å². The van der Waals surface area contributed by atoms with E-state index in [0.717, 1.165) is 3.97 Å². The van der Waals surface area contributed by atoms with E-state index in [9.17, 15) is 13.6 Å². The van der Waals surface area contributed by atoms with Gasteiger partial charge >= 0.3 is 0 Å². The van der Waals surface area contributed by atoms with Gasteiger partial charge in [-0.15, -0.1) is 0 Å². The van der Waals surface area contributed by atoms with Crippen molar-refractivity contribution in [2.75, 3.05) is 0 Å². The lowest BCUT2D eigenvalue weighted by atomic mass is 10.2. The third kappa shape index (κ3) is 2.22. The van der Waals surface area contributed by atoms with Crippen LogP contribution in [0.1, 0.15) is 0 Å². The molecule has 0 saturated heterocycles. The first-order valence-electron chi connectivity index (χ1n) is 6.16. The molecule has 0 aliphatic heterocycles. The summed E-state index contributed by atoms with van der Waals surface area (Å²) in [5.41, 5.74) is 0.424. The Labute approximate surface area is 121 Å². The van der Waals surface area contributed by atoms with Gasteiger partial charge in [0.15, 0.2) is 5.69 Å². The highest BCUT2D eigenvalue weighted by molar-refractivity contribution is 7.90. The largest absolute Gasteiger partial charge is 0.595 e. The Morgan fingerprint density at radius 1 is 1.00 bits per heavy atom. The number of nitrogens with one attached hydrogen (secondary N) is 1. The number of hydrogen-bond donors (Lipinski definition) is 2. The van der Waals surface area contributed by atoms with Crippen molar-refractivity contribution >= 4 is 26.6 Å². The Bertz CT molecular complexity index is 886. The molecule has 0 radical (unpaired) electrons. The minimum absolute atomic E-state index is 0.0783. The van der Waals surface area contributed by atoms with E-state index in [1.54, 1.807) is 24.3 Å². The average molecular weight is 304 g/mol. The van der Waals surface area contributed by atoms with Crippen molar-refractivity contribution in [3.63, 3.8) is 0 Å². The molecule has 0 amide bonds. The number of hydrogen-bond acceptors (Lipinski definition) is 4. The van der Waals surface area contributed by atoms with Gasteiger partial charge in [-0.05, 0) is 24.3 Å². The second-order valence-corrected chi connectivity index (χ2v) is 6.29. The van der Waals surface area contributed by atoms with Gasteiger partial charge in [-0.25, -0.2) is 17.6 Å². The fourth-order valence-electron chi connectivity index (χ4n) is 2.25. The third-order valence-corrected chi connectivity index (χ3v) is 4.93. The van der Waals surface area contributed by atoms with Gasteiger partial charge in [0.2, 0.25) is 0 Å². The van der Waals surface area contributed by atoms with E-state index in [1.165, 1.54) is 36.5 Å². The van der Waals surface area contributed by atoms with Crippen LogP contribution in [0.25, 0.3) is 10.9 Å². The van der Waals surface area contributed by atoms with Crippen molar-refractivity contribution in [1.82, 2.24) is 3.97 Å². The van der Waals surface area contributed by atoms with Crippen LogP contribution < -0.4 is 5.23 Å². The average Bonchev–Trinajstić information content (AvgIpc) is 2.92. The van der Waals surface area contributed by atoms with E-state index in [-0.39, 0.29) is 10.6 Å². The highest BCUT2D eigenvalue weighted by Gasteiger charge is 2.20. The van der Waals surface area contributed by atoms with Crippen LogP contribution in [0.15, 0.2) is 65.7 Å². The highest BCUT2D eigenvalue weighted by Crippen LogP contribution is 2.25. The second kappa shape index (κ2) is 4.97. The summed E-state index contributed by atoms with van der Waals surface area (Å²) in [6, 6.07) is 14.1. The molecule has 1 heterocycles. The molecule has 1 atom stereocenters. The maximum atomic E-state index is 12.6. The predicted molar refractivity (Wildman–Crippen MR) is 76.7 cm³/mol. The van der Waals surface area contributed by atoms with Crippen LogP contribution in [0.2, 0.25) is 0 Å². The predicted octanol–water partition coefficient (Wildman–Crippen LogP) is 1.28. The first-order valence-corrected chi connectivity index (χ1v) is 7.60. The molecular formula is C14H12N2O4S. The zero-order valence-electron chi connectivity index (χ0n) is 10.8. The Morgan fingerprint density at radius 3 is 2.38 bits per heavy atom. The van der Waals surface area contributed by atoms with Crippen LogP contribution in [0.3, 0.4) is 0 Å². The molecule has 7 heteroatoms. The molecule has 3 rings (SSSR count). The molecule has 0 spiro atoms. The second-order valence-electron chi connectivity index (χ2n) is 4.47. The number of benzene rings is 2. The molecule has 2 aromatic carbocycles. The lowest BCUT2D eigenvalue weighted by Gasteiger charge is -2.13. The zero-order valence-corrected chi connectivity index (χ0v) is 11.6. The molecule has 0 aliphatic carbocycles. The van der Waals surface area contributed by atoms with Gasteiger partial charge in [-0.3, -0.25) is 0 Å². The molecule has 21 heavy (non-hydrogen) atoms. The first-order chi connectivity index (χ1) is 10.0. The number of rotatable bonds is 3. The normalized spacial score (nSPS) is 13.4. The van der Waals surface area contributed by atoms with Crippen LogP contribution >= 0.6 is 0 Å². The van der Waals surface area contributed by atoms with Crippen molar-refractivity contribution in [3.05, 3.63) is 66.0 Å². The summed E-state index contributed by atoms with van der Waals surface area (Å²) >= 11 is 0. The molecule has 0 saturated carbocycles. The minimum atomic E-state index is -3.74. The van der Waals surface area contributed by atoms with E-state index in [2.05, 4.69) is 0 Å². The SMILES string of the molecule is O=S(=O)(c1ccccc1)n1ccc2c([NH+]([O-])O)cccc21. The number of quaternary nitrogens is 1. The third-order valence-electron chi connectivity index (χ3n) is 3.23. The number of fused-ring (bicyclic) bond motifs is 1. The molecular weight excluding hydrogens is 292 g/mol. The van der Waals surface area contributed by atoms with Crippen molar-refractivity contribution in [1.29, 1.82) is 0 Å². The van der Waals surface area contributed by atoms with Crippen molar-refractivity contribution < 1.29 is 18.9 Å². The summed E-state index contributed by atoms with van der Waals surface area (Å²) in [6.07, 6.45) is 1.37.